The van der Waals surface area contributed by atoms with Gasteiger partial charge in [-0.05, 0) is 43.7 Å². The number of nitrogens with one attached hydrogen (secondary N) is 1. The molecule has 8 nitrogen and oxygen atoms in total. The molecule has 0 aliphatic carbocycles. The molecule has 1 heterocycles. The predicted octanol–water partition coefficient (Wildman–Crippen LogP) is 4.17. The molecule has 1 aromatic heterocycles. The summed E-state index contributed by atoms with van der Waals surface area (Å²) >= 11 is 0. The molecule has 0 amide bonds. The van der Waals surface area contributed by atoms with Gasteiger partial charge in [0.15, 0.2) is 0 Å². The molecule has 0 aliphatic heterocycles. The van der Waals surface area contributed by atoms with E-state index in [-0.39, 0.29) is 17.1 Å². The standard InChI is InChI=1S/C23H25FN6O2/c1-3-29(26)15(2)21(25)17-11-12-20(30(31)32)19(14-17)28-22(16-8-5-4-6-9-16)23-18(24)10-7-13-27-23/h4-14,22,28H,3,25-26H2,1-2H3/b21-15-. The van der Waals surface area contributed by atoms with Gasteiger partial charge >= 0.3 is 0 Å². The van der Waals surface area contributed by atoms with E-state index in [4.69, 9.17) is 11.6 Å². The average Bonchev–Trinajstić information content (AvgIpc) is 2.81. The van der Waals surface area contributed by atoms with E-state index in [2.05, 4.69) is 10.3 Å². The lowest BCUT2D eigenvalue weighted by atomic mass is 10.0. The van der Waals surface area contributed by atoms with Crippen molar-refractivity contribution < 1.29 is 9.31 Å². The highest BCUT2D eigenvalue weighted by atomic mass is 19.1. The SMILES string of the molecule is CCN(N)/C(C)=C(\N)c1ccc([N+](=O)[O-])c(NC(c2ccccc2)c2ncccc2F)c1. The number of nitro benzene ring substituents is 1. The first-order valence-electron chi connectivity index (χ1n) is 10.0. The number of halogens is 1. The minimum Gasteiger partial charge on any atom is -0.397 e. The second-order valence-electron chi connectivity index (χ2n) is 7.13. The van der Waals surface area contributed by atoms with E-state index in [9.17, 15) is 14.5 Å². The molecule has 32 heavy (non-hydrogen) atoms. The molecule has 5 N–H and O–H groups in total. The maximum atomic E-state index is 14.6. The Morgan fingerprint density at radius 1 is 1.22 bits per heavy atom. The van der Waals surface area contributed by atoms with Gasteiger partial charge in [0.05, 0.1) is 16.7 Å². The van der Waals surface area contributed by atoms with Gasteiger partial charge in [-0.2, -0.15) is 0 Å². The second-order valence-corrected chi connectivity index (χ2v) is 7.13. The first-order valence-corrected chi connectivity index (χ1v) is 10.0. The largest absolute Gasteiger partial charge is 0.397 e. The zero-order valence-corrected chi connectivity index (χ0v) is 17.8. The Morgan fingerprint density at radius 3 is 2.56 bits per heavy atom. The van der Waals surface area contributed by atoms with Crippen LogP contribution in [0.1, 0.15) is 36.7 Å². The van der Waals surface area contributed by atoms with Crippen LogP contribution in [-0.4, -0.2) is 21.5 Å². The lowest BCUT2D eigenvalue weighted by molar-refractivity contribution is -0.384. The van der Waals surface area contributed by atoms with Gasteiger partial charge in [-0.25, -0.2) is 10.2 Å². The summed E-state index contributed by atoms with van der Waals surface area (Å²) in [7, 11) is 0. The minimum absolute atomic E-state index is 0.122. The van der Waals surface area contributed by atoms with Crippen LogP contribution in [0.3, 0.4) is 0 Å². The van der Waals surface area contributed by atoms with Crippen LogP contribution in [0.4, 0.5) is 15.8 Å². The Morgan fingerprint density at radius 2 is 1.94 bits per heavy atom. The maximum Gasteiger partial charge on any atom is 0.292 e. The Hall–Kier alpha value is -3.98. The Bertz CT molecular complexity index is 1140. The fourth-order valence-corrected chi connectivity index (χ4v) is 3.30. The molecule has 0 fully saturated rings. The molecule has 3 aromatic rings. The van der Waals surface area contributed by atoms with Gasteiger partial charge in [0.25, 0.3) is 5.69 Å². The molecular formula is C23H25FN6O2. The molecule has 0 spiro atoms. The van der Waals surface area contributed by atoms with Crippen molar-refractivity contribution in [2.24, 2.45) is 11.6 Å². The number of nitrogens with zero attached hydrogens (tertiary/aromatic N) is 3. The van der Waals surface area contributed by atoms with Crippen LogP contribution in [0.25, 0.3) is 5.70 Å². The zero-order chi connectivity index (χ0) is 23.3. The summed E-state index contributed by atoms with van der Waals surface area (Å²) in [5.41, 5.74) is 8.67. The van der Waals surface area contributed by atoms with Gasteiger partial charge in [-0.3, -0.25) is 15.1 Å². The molecule has 1 atom stereocenters. The summed E-state index contributed by atoms with van der Waals surface area (Å²) in [4.78, 5) is 15.4. The monoisotopic (exact) mass is 436 g/mol. The summed E-state index contributed by atoms with van der Waals surface area (Å²) in [5, 5.41) is 16.3. The lowest BCUT2D eigenvalue weighted by Gasteiger charge is -2.22. The van der Waals surface area contributed by atoms with Gasteiger partial charge < -0.3 is 16.1 Å². The molecule has 0 saturated heterocycles. The Labute approximate surface area is 185 Å². The van der Waals surface area contributed by atoms with Crippen molar-refractivity contribution >= 4 is 17.1 Å². The number of benzene rings is 2. The van der Waals surface area contributed by atoms with E-state index >= 15 is 0 Å². The third-order valence-electron chi connectivity index (χ3n) is 5.16. The van der Waals surface area contributed by atoms with E-state index in [0.717, 1.165) is 0 Å². The van der Waals surface area contributed by atoms with Gasteiger partial charge in [0, 0.05) is 30.1 Å². The number of anilines is 1. The minimum atomic E-state index is -0.765. The highest BCUT2D eigenvalue weighted by Crippen LogP contribution is 2.34. The van der Waals surface area contributed by atoms with E-state index in [0.29, 0.717) is 29.1 Å². The average molecular weight is 436 g/mol. The summed E-state index contributed by atoms with van der Waals surface area (Å²) in [5.74, 6) is 5.42. The van der Waals surface area contributed by atoms with Crippen molar-refractivity contribution in [2.75, 3.05) is 11.9 Å². The van der Waals surface area contributed by atoms with E-state index in [1.54, 1.807) is 43.3 Å². The van der Waals surface area contributed by atoms with Crippen molar-refractivity contribution in [1.82, 2.24) is 9.99 Å². The topological polar surface area (TPSA) is 123 Å². The molecular weight excluding hydrogens is 411 g/mol. The number of allylic oxidation sites excluding steroid dienone is 1. The summed E-state index contributed by atoms with van der Waals surface area (Å²) in [6, 6.07) is 15.6. The third-order valence-corrected chi connectivity index (χ3v) is 5.16. The van der Waals surface area contributed by atoms with E-state index < -0.39 is 16.8 Å². The highest BCUT2D eigenvalue weighted by molar-refractivity contribution is 5.74. The normalized spacial score (nSPS) is 12.6. The molecule has 0 radical (unpaired) electrons. The first kappa shape index (κ1) is 22.7. The molecule has 166 valence electrons. The number of nitrogens with two attached hydrogens (primary N) is 2. The van der Waals surface area contributed by atoms with Crippen LogP contribution in [0.2, 0.25) is 0 Å². The number of hydrogen-bond acceptors (Lipinski definition) is 7. The third kappa shape index (κ3) is 4.84. The molecule has 9 heteroatoms. The van der Waals surface area contributed by atoms with Crippen LogP contribution in [0.15, 0.2) is 72.6 Å². The number of nitro groups is 1. The summed E-state index contributed by atoms with van der Waals surface area (Å²) in [6.45, 7) is 4.19. The van der Waals surface area contributed by atoms with Crippen molar-refractivity contribution in [3.8, 4) is 0 Å². The predicted molar refractivity (Wildman–Crippen MR) is 123 cm³/mol. The van der Waals surface area contributed by atoms with Gasteiger partial charge in [0.2, 0.25) is 0 Å². The molecule has 0 aliphatic rings. The molecule has 1 unspecified atom stereocenters. The number of hydrazine groups is 1. The molecule has 2 aromatic carbocycles. The van der Waals surface area contributed by atoms with Gasteiger partial charge in [-0.15, -0.1) is 0 Å². The Balaban J connectivity index is 2.13. The zero-order valence-electron chi connectivity index (χ0n) is 17.8. The van der Waals surface area contributed by atoms with Crippen LogP contribution in [0, 0.1) is 15.9 Å². The number of rotatable bonds is 8. The van der Waals surface area contributed by atoms with Gasteiger partial charge in [-0.1, -0.05) is 30.3 Å². The lowest BCUT2D eigenvalue weighted by Crippen LogP contribution is -2.30. The van der Waals surface area contributed by atoms with Crippen molar-refractivity contribution in [3.05, 3.63) is 105 Å². The van der Waals surface area contributed by atoms with Crippen LogP contribution < -0.4 is 16.9 Å². The fourth-order valence-electron chi connectivity index (χ4n) is 3.30. The van der Waals surface area contributed by atoms with Crippen molar-refractivity contribution in [2.45, 2.75) is 19.9 Å². The van der Waals surface area contributed by atoms with E-state index in [1.165, 1.54) is 29.4 Å². The smallest absolute Gasteiger partial charge is 0.292 e. The molecule has 0 bridgehead atoms. The molecule has 3 rings (SSSR count). The summed E-state index contributed by atoms with van der Waals surface area (Å²) < 4.78 is 14.6. The van der Waals surface area contributed by atoms with Crippen molar-refractivity contribution in [1.29, 1.82) is 0 Å². The number of hydrogen-bond donors (Lipinski definition) is 3. The van der Waals surface area contributed by atoms with Gasteiger partial charge in [0.1, 0.15) is 17.2 Å². The molecule has 0 saturated carbocycles. The van der Waals surface area contributed by atoms with Crippen LogP contribution in [0.5, 0.6) is 0 Å². The van der Waals surface area contributed by atoms with Crippen LogP contribution in [-0.2, 0) is 0 Å². The number of aromatic nitrogens is 1. The van der Waals surface area contributed by atoms with Crippen LogP contribution >= 0.6 is 0 Å². The second kappa shape index (κ2) is 9.88. The Kier molecular flexibility index (Phi) is 7.01. The summed E-state index contributed by atoms with van der Waals surface area (Å²) in [6.07, 6.45) is 1.48. The van der Waals surface area contributed by atoms with Crippen molar-refractivity contribution in [3.63, 3.8) is 0 Å². The van der Waals surface area contributed by atoms with E-state index in [1.807, 2.05) is 13.0 Å². The number of pyridine rings is 1. The maximum absolute atomic E-state index is 14.6. The fraction of sp³-hybridized carbons (Fsp3) is 0.174. The first-order chi connectivity index (χ1) is 15.3. The quantitative estimate of drug-likeness (QED) is 0.275. The highest BCUT2D eigenvalue weighted by Gasteiger charge is 2.24.